The molecule has 1 aromatic rings. The van der Waals surface area contributed by atoms with Crippen LogP contribution in [0, 0.1) is 5.92 Å². The zero-order valence-electron chi connectivity index (χ0n) is 12.1. The number of piperazine rings is 1. The molecule has 2 unspecified atom stereocenters. The van der Waals surface area contributed by atoms with Gasteiger partial charge < -0.3 is 14.7 Å². The van der Waals surface area contributed by atoms with E-state index in [2.05, 4.69) is 15.5 Å². The van der Waals surface area contributed by atoms with Crippen LogP contribution in [0.4, 0.5) is 0 Å². The number of carbonyl (C=O) groups excluding carboxylic acids is 2. The van der Waals surface area contributed by atoms with Crippen LogP contribution in [-0.4, -0.2) is 38.9 Å². The first-order chi connectivity index (χ1) is 10.2. The zero-order valence-corrected chi connectivity index (χ0v) is 12.1. The van der Waals surface area contributed by atoms with Crippen molar-refractivity contribution in [1.82, 2.24) is 20.4 Å². The smallest absolute Gasteiger partial charge is 0.246 e. The number of amides is 2. The molecule has 0 bridgehead atoms. The highest BCUT2D eigenvalue weighted by molar-refractivity contribution is 5.96. The largest absolute Gasteiger partial charge is 0.343 e. The summed E-state index contributed by atoms with van der Waals surface area (Å²) in [6, 6.07) is -0.906. The summed E-state index contributed by atoms with van der Waals surface area (Å²) in [7, 11) is 0. The molecule has 2 fully saturated rings. The third-order valence-corrected chi connectivity index (χ3v) is 4.53. The minimum atomic E-state index is -0.504. The van der Waals surface area contributed by atoms with Gasteiger partial charge in [-0.1, -0.05) is 24.4 Å². The van der Waals surface area contributed by atoms with Gasteiger partial charge in [0.15, 0.2) is 5.82 Å². The van der Waals surface area contributed by atoms with E-state index in [0.717, 1.165) is 25.7 Å². The topological polar surface area (TPSA) is 88.3 Å². The van der Waals surface area contributed by atoms with Crippen molar-refractivity contribution in [2.24, 2.45) is 5.92 Å². The van der Waals surface area contributed by atoms with E-state index in [1.54, 1.807) is 11.8 Å². The average molecular weight is 292 g/mol. The van der Waals surface area contributed by atoms with Gasteiger partial charge in [-0.3, -0.25) is 9.59 Å². The Morgan fingerprint density at radius 1 is 1.33 bits per heavy atom. The lowest BCUT2D eigenvalue weighted by Crippen LogP contribution is -2.64. The summed E-state index contributed by atoms with van der Waals surface area (Å²) >= 11 is 0. The molecule has 7 nitrogen and oxygen atoms in total. The molecule has 1 aliphatic carbocycles. The second kappa shape index (κ2) is 5.83. The number of aromatic nitrogens is 2. The predicted molar refractivity (Wildman–Crippen MR) is 72.8 cm³/mol. The van der Waals surface area contributed by atoms with Crippen LogP contribution in [0.2, 0.25) is 0 Å². The Kier molecular flexibility index (Phi) is 3.90. The van der Waals surface area contributed by atoms with E-state index in [1.165, 1.54) is 12.8 Å². The fourth-order valence-corrected chi connectivity index (χ4v) is 3.26. The molecule has 2 heterocycles. The third kappa shape index (κ3) is 2.77. The molecule has 2 amide bonds. The Bertz CT molecular complexity index is 510. The molecular weight excluding hydrogens is 272 g/mol. The molecule has 2 atom stereocenters. The number of nitrogens with one attached hydrogen (secondary N) is 1. The molecule has 1 N–H and O–H groups in total. The molecule has 0 aromatic carbocycles. The Labute approximate surface area is 123 Å². The molecule has 1 saturated carbocycles. The molecule has 114 valence electrons. The van der Waals surface area contributed by atoms with Crippen LogP contribution < -0.4 is 5.32 Å². The van der Waals surface area contributed by atoms with E-state index >= 15 is 0 Å². The second-order valence-electron chi connectivity index (χ2n) is 5.87. The maximum absolute atomic E-state index is 12.7. The van der Waals surface area contributed by atoms with Gasteiger partial charge in [-0.25, -0.2) is 0 Å². The molecule has 3 rings (SSSR count). The van der Waals surface area contributed by atoms with Crippen LogP contribution in [0.5, 0.6) is 0 Å². The van der Waals surface area contributed by atoms with Crippen LogP contribution in [0.3, 0.4) is 0 Å². The van der Waals surface area contributed by atoms with Crippen LogP contribution in [0.1, 0.15) is 44.9 Å². The summed E-state index contributed by atoms with van der Waals surface area (Å²) < 4.78 is 4.70. The van der Waals surface area contributed by atoms with E-state index in [9.17, 15) is 9.59 Å². The quantitative estimate of drug-likeness (QED) is 0.893. The van der Waals surface area contributed by atoms with Gasteiger partial charge in [-0.05, 0) is 25.7 Å². The van der Waals surface area contributed by atoms with Crippen molar-refractivity contribution in [3.05, 3.63) is 12.2 Å². The first kappa shape index (κ1) is 14.0. The van der Waals surface area contributed by atoms with E-state index in [1.807, 2.05) is 0 Å². The highest BCUT2D eigenvalue weighted by atomic mass is 16.5. The minimum Gasteiger partial charge on any atom is -0.343 e. The normalized spacial score (nSPS) is 27.8. The van der Waals surface area contributed by atoms with Crippen molar-refractivity contribution in [1.29, 1.82) is 0 Å². The lowest BCUT2D eigenvalue weighted by Gasteiger charge is -2.40. The van der Waals surface area contributed by atoms with Crippen LogP contribution in [-0.2, 0) is 16.1 Å². The molecule has 1 aromatic heterocycles. The Balaban J connectivity index is 1.77. The van der Waals surface area contributed by atoms with Gasteiger partial charge in [0.1, 0.15) is 12.1 Å². The van der Waals surface area contributed by atoms with Crippen molar-refractivity contribution in [3.8, 4) is 0 Å². The Morgan fingerprint density at radius 3 is 2.76 bits per heavy atom. The van der Waals surface area contributed by atoms with Gasteiger partial charge in [0.05, 0.1) is 6.54 Å². The maximum Gasteiger partial charge on any atom is 0.246 e. The van der Waals surface area contributed by atoms with Crippen LogP contribution in [0.15, 0.2) is 10.9 Å². The van der Waals surface area contributed by atoms with Crippen molar-refractivity contribution >= 4 is 11.8 Å². The third-order valence-electron chi connectivity index (χ3n) is 4.53. The summed E-state index contributed by atoms with van der Waals surface area (Å²) in [6.45, 7) is 1.94. The van der Waals surface area contributed by atoms with Crippen LogP contribution in [0.25, 0.3) is 0 Å². The molecule has 1 aliphatic heterocycles. The van der Waals surface area contributed by atoms with E-state index in [0.29, 0.717) is 5.82 Å². The maximum atomic E-state index is 12.7. The summed E-state index contributed by atoms with van der Waals surface area (Å²) in [6.07, 6.45) is 6.71. The van der Waals surface area contributed by atoms with Gasteiger partial charge in [-0.15, -0.1) is 0 Å². The SMILES string of the molecule is CC1C(=O)NC(C2CCCCC2)C(=O)N1Cc1ncon1. The van der Waals surface area contributed by atoms with Crippen molar-refractivity contribution in [2.75, 3.05) is 0 Å². The molecule has 1 saturated heterocycles. The van der Waals surface area contributed by atoms with E-state index in [-0.39, 0.29) is 24.3 Å². The molecule has 2 aliphatic rings. The number of rotatable bonds is 3. The zero-order chi connectivity index (χ0) is 14.8. The first-order valence-electron chi connectivity index (χ1n) is 7.53. The number of hydrogen-bond donors (Lipinski definition) is 1. The minimum absolute atomic E-state index is 0.0289. The van der Waals surface area contributed by atoms with Crippen molar-refractivity contribution < 1.29 is 14.1 Å². The second-order valence-corrected chi connectivity index (χ2v) is 5.87. The number of carbonyl (C=O) groups is 2. The Hall–Kier alpha value is -1.92. The number of nitrogens with zero attached hydrogens (tertiary/aromatic N) is 3. The monoisotopic (exact) mass is 292 g/mol. The molecule has 0 radical (unpaired) electrons. The van der Waals surface area contributed by atoms with Crippen molar-refractivity contribution in [3.63, 3.8) is 0 Å². The van der Waals surface area contributed by atoms with Crippen LogP contribution >= 0.6 is 0 Å². The van der Waals surface area contributed by atoms with Gasteiger partial charge >= 0.3 is 0 Å². The Morgan fingerprint density at radius 2 is 2.10 bits per heavy atom. The van der Waals surface area contributed by atoms with Gasteiger partial charge in [-0.2, -0.15) is 4.98 Å². The summed E-state index contributed by atoms with van der Waals surface area (Å²) in [4.78, 5) is 30.4. The van der Waals surface area contributed by atoms with E-state index < -0.39 is 12.1 Å². The summed E-state index contributed by atoms with van der Waals surface area (Å²) in [5.74, 6) is 0.537. The first-order valence-corrected chi connectivity index (χ1v) is 7.53. The predicted octanol–water partition coefficient (Wildman–Crippen LogP) is 0.865. The molecule has 21 heavy (non-hydrogen) atoms. The molecule has 7 heteroatoms. The summed E-state index contributed by atoms with van der Waals surface area (Å²) in [5.41, 5.74) is 0. The van der Waals surface area contributed by atoms with Gasteiger partial charge in [0.2, 0.25) is 18.2 Å². The fraction of sp³-hybridized carbons (Fsp3) is 0.714. The van der Waals surface area contributed by atoms with Gasteiger partial charge in [0.25, 0.3) is 0 Å². The molecular formula is C14H20N4O3. The average Bonchev–Trinajstić information content (AvgIpc) is 3.01. The highest BCUT2D eigenvalue weighted by Gasteiger charge is 2.42. The van der Waals surface area contributed by atoms with E-state index in [4.69, 9.17) is 4.52 Å². The lowest BCUT2D eigenvalue weighted by atomic mass is 9.82. The van der Waals surface area contributed by atoms with Crippen molar-refractivity contribution in [2.45, 2.75) is 57.7 Å². The molecule has 0 spiro atoms. The fourth-order valence-electron chi connectivity index (χ4n) is 3.26. The standard InChI is InChI=1S/C14H20N4O3/c1-9-13(19)16-12(10-5-3-2-4-6-10)14(20)18(9)7-11-15-8-21-17-11/h8-10,12H,2-7H2,1H3,(H,16,19). The highest BCUT2D eigenvalue weighted by Crippen LogP contribution is 2.29. The number of hydrogen-bond acceptors (Lipinski definition) is 5. The lowest BCUT2D eigenvalue weighted by molar-refractivity contribution is -0.151. The summed E-state index contributed by atoms with van der Waals surface area (Å²) in [5, 5.41) is 6.63. The van der Waals surface area contributed by atoms with Gasteiger partial charge in [0, 0.05) is 0 Å².